The molecule has 0 spiro atoms. The first-order valence-corrected chi connectivity index (χ1v) is 7.11. The second kappa shape index (κ2) is 6.24. The average Bonchev–Trinajstić information content (AvgIpc) is 3.09. The molecule has 0 N–H and O–H groups in total. The lowest BCUT2D eigenvalue weighted by Gasteiger charge is -2.32. The lowest BCUT2D eigenvalue weighted by molar-refractivity contribution is 0.0556. The second-order valence-electron chi connectivity index (χ2n) is 5.14. The van der Waals surface area contributed by atoms with E-state index in [1.165, 1.54) is 32.8 Å². The Morgan fingerprint density at radius 3 is 2.74 bits per heavy atom. The van der Waals surface area contributed by atoms with Gasteiger partial charge in [-0.25, -0.2) is 4.79 Å². The minimum absolute atomic E-state index is 0.200. The molecule has 2 rings (SSSR count). The molecule has 0 bridgehead atoms. The Morgan fingerprint density at radius 1 is 1.47 bits per heavy atom. The summed E-state index contributed by atoms with van der Waals surface area (Å²) in [7, 11) is 1.37. The maximum absolute atomic E-state index is 11.4. The van der Waals surface area contributed by atoms with Gasteiger partial charge in [-0.2, -0.15) is 0 Å². The van der Waals surface area contributed by atoms with Crippen LogP contribution in [0.15, 0.2) is 16.5 Å². The molecule has 1 saturated carbocycles. The van der Waals surface area contributed by atoms with Crippen molar-refractivity contribution in [3.63, 3.8) is 0 Å². The first kappa shape index (κ1) is 14.1. The Kier molecular flexibility index (Phi) is 4.64. The summed E-state index contributed by atoms with van der Waals surface area (Å²) in [6, 6.07) is 4.42. The highest BCUT2D eigenvalue weighted by Gasteiger charge is 2.28. The molecule has 4 heteroatoms. The van der Waals surface area contributed by atoms with Crippen molar-refractivity contribution in [1.29, 1.82) is 0 Å². The predicted octanol–water partition coefficient (Wildman–Crippen LogP) is 3.39. The number of hydrogen-bond acceptors (Lipinski definition) is 4. The van der Waals surface area contributed by atoms with Crippen molar-refractivity contribution in [1.82, 2.24) is 4.90 Å². The smallest absolute Gasteiger partial charge is 0.373 e. The maximum Gasteiger partial charge on any atom is 0.373 e. The van der Waals surface area contributed by atoms with Gasteiger partial charge in [0.15, 0.2) is 0 Å². The number of furan rings is 1. The third kappa shape index (κ3) is 3.00. The number of carbonyl (C=O) groups excluding carboxylic acids is 1. The highest BCUT2D eigenvalue weighted by Crippen LogP contribution is 2.31. The van der Waals surface area contributed by atoms with Crippen LogP contribution in [0.3, 0.4) is 0 Å². The van der Waals surface area contributed by atoms with Gasteiger partial charge in [-0.1, -0.05) is 19.8 Å². The molecular weight excluding hydrogens is 242 g/mol. The molecule has 106 valence electrons. The van der Waals surface area contributed by atoms with Gasteiger partial charge in [-0.15, -0.1) is 0 Å². The Balaban J connectivity index is 2.10. The largest absolute Gasteiger partial charge is 0.463 e. The van der Waals surface area contributed by atoms with Crippen LogP contribution in [0, 0.1) is 0 Å². The predicted molar refractivity (Wildman–Crippen MR) is 73.1 cm³/mol. The first-order valence-electron chi connectivity index (χ1n) is 7.11. The number of methoxy groups -OCH3 is 1. The van der Waals surface area contributed by atoms with Crippen LogP contribution in [0.25, 0.3) is 0 Å². The van der Waals surface area contributed by atoms with Gasteiger partial charge in [-0.05, 0) is 38.4 Å². The van der Waals surface area contributed by atoms with Gasteiger partial charge in [0.2, 0.25) is 5.76 Å². The van der Waals surface area contributed by atoms with Gasteiger partial charge in [0.1, 0.15) is 5.76 Å². The zero-order chi connectivity index (χ0) is 13.8. The lowest BCUT2D eigenvalue weighted by atomic mass is 10.1. The van der Waals surface area contributed by atoms with E-state index in [0.717, 1.165) is 12.3 Å². The van der Waals surface area contributed by atoms with E-state index in [1.54, 1.807) is 6.07 Å². The van der Waals surface area contributed by atoms with Gasteiger partial charge in [0.05, 0.1) is 13.2 Å². The minimum Gasteiger partial charge on any atom is -0.463 e. The number of nitrogens with zero attached hydrogens (tertiary/aromatic N) is 1. The molecule has 19 heavy (non-hydrogen) atoms. The van der Waals surface area contributed by atoms with Crippen LogP contribution in [0.4, 0.5) is 0 Å². The fourth-order valence-corrected chi connectivity index (χ4v) is 3.04. The molecular formula is C15H23NO3. The van der Waals surface area contributed by atoms with Crippen LogP contribution in [-0.4, -0.2) is 30.6 Å². The molecule has 1 unspecified atom stereocenters. The quantitative estimate of drug-likeness (QED) is 0.765. The van der Waals surface area contributed by atoms with Crippen molar-refractivity contribution < 1.29 is 13.9 Å². The number of rotatable bonds is 5. The molecule has 1 aromatic heterocycles. The zero-order valence-corrected chi connectivity index (χ0v) is 12.0. The molecule has 1 aliphatic carbocycles. The highest BCUT2D eigenvalue weighted by molar-refractivity contribution is 5.86. The van der Waals surface area contributed by atoms with Crippen LogP contribution < -0.4 is 0 Å². The summed E-state index contributed by atoms with van der Waals surface area (Å²) in [5, 5.41) is 0. The van der Waals surface area contributed by atoms with Crippen molar-refractivity contribution in [3.8, 4) is 0 Å². The summed E-state index contributed by atoms with van der Waals surface area (Å²) in [4.78, 5) is 13.9. The SMILES string of the molecule is CCN(C1CCCC1)C(C)c1ccc(C(=O)OC)o1. The summed E-state index contributed by atoms with van der Waals surface area (Å²) in [5.74, 6) is 0.711. The van der Waals surface area contributed by atoms with Crippen LogP contribution >= 0.6 is 0 Å². The molecule has 1 fully saturated rings. The molecule has 1 heterocycles. The molecule has 0 aromatic carbocycles. The Morgan fingerprint density at radius 2 is 2.16 bits per heavy atom. The highest BCUT2D eigenvalue weighted by atomic mass is 16.5. The molecule has 0 saturated heterocycles. The third-order valence-electron chi connectivity index (χ3n) is 4.08. The van der Waals surface area contributed by atoms with Crippen LogP contribution in [0.1, 0.15) is 61.9 Å². The average molecular weight is 265 g/mol. The summed E-state index contributed by atoms with van der Waals surface area (Å²) in [6.07, 6.45) is 5.17. The molecule has 0 aliphatic heterocycles. The van der Waals surface area contributed by atoms with E-state index in [9.17, 15) is 4.79 Å². The van der Waals surface area contributed by atoms with E-state index in [2.05, 4.69) is 23.5 Å². The van der Waals surface area contributed by atoms with E-state index in [-0.39, 0.29) is 11.8 Å². The fraction of sp³-hybridized carbons (Fsp3) is 0.667. The number of esters is 1. The topological polar surface area (TPSA) is 42.7 Å². The van der Waals surface area contributed by atoms with Crippen molar-refractivity contribution in [3.05, 3.63) is 23.7 Å². The molecule has 1 atom stereocenters. The van der Waals surface area contributed by atoms with E-state index in [0.29, 0.717) is 6.04 Å². The normalized spacial score (nSPS) is 17.9. The van der Waals surface area contributed by atoms with E-state index < -0.39 is 5.97 Å². The van der Waals surface area contributed by atoms with Gasteiger partial charge < -0.3 is 9.15 Å². The number of carbonyl (C=O) groups is 1. The van der Waals surface area contributed by atoms with E-state index in [4.69, 9.17) is 4.42 Å². The minimum atomic E-state index is -0.414. The Bertz CT molecular complexity index is 421. The molecule has 1 aromatic rings. The molecule has 1 aliphatic rings. The molecule has 4 nitrogen and oxygen atoms in total. The van der Waals surface area contributed by atoms with Crippen LogP contribution in [-0.2, 0) is 4.74 Å². The maximum atomic E-state index is 11.4. The second-order valence-corrected chi connectivity index (χ2v) is 5.14. The lowest BCUT2D eigenvalue weighted by Crippen LogP contribution is -2.35. The van der Waals surface area contributed by atoms with Crippen molar-refractivity contribution in [2.75, 3.05) is 13.7 Å². The first-order chi connectivity index (χ1) is 9.17. The van der Waals surface area contributed by atoms with Crippen molar-refractivity contribution >= 4 is 5.97 Å². The van der Waals surface area contributed by atoms with E-state index >= 15 is 0 Å². The standard InChI is InChI=1S/C15H23NO3/c1-4-16(12-7-5-6-8-12)11(2)13-9-10-14(19-13)15(17)18-3/h9-12H,4-8H2,1-3H3. The van der Waals surface area contributed by atoms with Gasteiger partial charge in [-0.3, -0.25) is 4.90 Å². The summed E-state index contributed by atoms with van der Waals surface area (Å²) in [6.45, 7) is 5.32. The fourth-order valence-electron chi connectivity index (χ4n) is 3.04. The van der Waals surface area contributed by atoms with Crippen LogP contribution in [0.2, 0.25) is 0 Å². The summed E-state index contributed by atoms with van der Waals surface area (Å²) >= 11 is 0. The summed E-state index contributed by atoms with van der Waals surface area (Å²) < 4.78 is 10.3. The summed E-state index contributed by atoms with van der Waals surface area (Å²) in [5.41, 5.74) is 0. The zero-order valence-electron chi connectivity index (χ0n) is 12.0. The third-order valence-corrected chi connectivity index (χ3v) is 4.08. The Labute approximate surface area is 114 Å². The van der Waals surface area contributed by atoms with Gasteiger partial charge in [0.25, 0.3) is 0 Å². The van der Waals surface area contributed by atoms with Crippen LogP contribution in [0.5, 0.6) is 0 Å². The monoisotopic (exact) mass is 265 g/mol. The Hall–Kier alpha value is -1.29. The molecule has 0 amide bonds. The van der Waals surface area contributed by atoms with E-state index in [1.807, 2.05) is 6.07 Å². The number of hydrogen-bond donors (Lipinski definition) is 0. The molecule has 0 radical (unpaired) electrons. The van der Waals surface area contributed by atoms with Gasteiger partial charge in [0, 0.05) is 6.04 Å². The van der Waals surface area contributed by atoms with Crippen molar-refractivity contribution in [2.24, 2.45) is 0 Å². The van der Waals surface area contributed by atoms with Gasteiger partial charge >= 0.3 is 5.97 Å². The van der Waals surface area contributed by atoms with Crippen molar-refractivity contribution in [2.45, 2.75) is 51.6 Å². The number of ether oxygens (including phenoxy) is 1.